The van der Waals surface area contributed by atoms with Crippen molar-refractivity contribution >= 4 is 38.7 Å². The largest absolute Gasteiger partial charge is 0.382 e. The first-order chi connectivity index (χ1) is 7.34. The number of fused-ring (bicyclic) bond motifs is 1. The van der Waals surface area contributed by atoms with E-state index in [1.54, 1.807) is 22.7 Å². The predicted molar refractivity (Wildman–Crippen MR) is 65.1 cm³/mol. The molecular formula is C10H7N3S2. The summed E-state index contributed by atoms with van der Waals surface area (Å²) in [5.74, 6) is 0.562. The van der Waals surface area contributed by atoms with Gasteiger partial charge in [-0.3, -0.25) is 0 Å². The number of rotatable bonds is 1. The highest BCUT2D eigenvalue weighted by Crippen LogP contribution is 2.35. The van der Waals surface area contributed by atoms with E-state index in [-0.39, 0.29) is 0 Å². The van der Waals surface area contributed by atoms with Crippen molar-refractivity contribution in [3.8, 4) is 10.4 Å². The van der Waals surface area contributed by atoms with Crippen LogP contribution in [-0.4, -0.2) is 9.97 Å². The van der Waals surface area contributed by atoms with Gasteiger partial charge in [-0.15, -0.1) is 11.3 Å². The summed E-state index contributed by atoms with van der Waals surface area (Å²) < 4.78 is 0.971. The molecule has 0 amide bonds. The summed E-state index contributed by atoms with van der Waals surface area (Å²) in [6, 6.07) is 4.15. The highest BCUT2D eigenvalue weighted by molar-refractivity contribution is 7.23. The third kappa shape index (κ3) is 1.40. The van der Waals surface area contributed by atoms with Crippen molar-refractivity contribution in [3.05, 3.63) is 29.2 Å². The average molecular weight is 233 g/mol. The summed E-state index contributed by atoms with van der Waals surface area (Å²) in [6.45, 7) is 0. The van der Waals surface area contributed by atoms with E-state index in [1.807, 2.05) is 0 Å². The third-order valence-corrected chi connectivity index (χ3v) is 4.02. The third-order valence-electron chi connectivity index (χ3n) is 2.14. The molecule has 0 radical (unpaired) electrons. The molecule has 0 saturated carbocycles. The maximum atomic E-state index is 5.78. The molecule has 0 atom stereocenters. The van der Waals surface area contributed by atoms with Crippen LogP contribution in [0.1, 0.15) is 0 Å². The smallest absolute Gasteiger partial charge is 0.144 e. The Morgan fingerprint density at radius 2 is 2.20 bits per heavy atom. The Balaban J connectivity index is 2.27. The van der Waals surface area contributed by atoms with E-state index in [1.165, 1.54) is 16.8 Å². The van der Waals surface area contributed by atoms with E-state index in [2.05, 4.69) is 32.9 Å². The summed E-state index contributed by atoms with van der Waals surface area (Å²) >= 11 is 3.33. The van der Waals surface area contributed by atoms with Crippen molar-refractivity contribution in [1.29, 1.82) is 0 Å². The Bertz CT molecular complexity index is 598. The molecule has 15 heavy (non-hydrogen) atoms. The number of hydrogen-bond acceptors (Lipinski definition) is 5. The van der Waals surface area contributed by atoms with Gasteiger partial charge in [0.2, 0.25) is 0 Å². The molecule has 0 bridgehead atoms. The van der Waals surface area contributed by atoms with Crippen LogP contribution in [0.4, 0.5) is 5.82 Å². The first-order valence-corrected chi connectivity index (χ1v) is 6.13. The highest BCUT2D eigenvalue weighted by Gasteiger charge is 2.07. The number of thiophene rings is 2. The predicted octanol–water partition coefficient (Wildman–Crippen LogP) is 3.00. The van der Waals surface area contributed by atoms with E-state index in [0.29, 0.717) is 5.82 Å². The van der Waals surface area contributed by atoms with Crippen LogP contribution in [0, 0.1) is 0 Å². The van der Waals surface area contributed by atoms with Crippen molar-refractivity contribution < 1.29 is 0 Å². The van der Waals surface area contributed by atoms with E-state index in [4.69, 9.17) is 5.73 Å². The zero-order chi connectivity index (χ0) is 10.3. The molecule has 0 aliphatic carbocycles. The minimum atomic E-state index is 0.562. The molecule has 0 saturated heterocycles. The Morgan fingerprint density at radius 3 is 2.93 bits per heavy atom. The fourth-order valence-electron chi connectivity index (χ4n) is 1.42. The lowest BCUT2D eigenvalue weighted by Gasteiger charge is -1.90. The van der Waals surface area contributed by atoms with Crippen LogP contribution in [0.15, 0.2) is 29.2 Å². The molecular weight excluding hydrogens is 226 g/mol. The van der Waals surface area contributed by atoms with E-state index in [0.717, 1.165) is 10.2 Å². The van der Waals surface area contributed by atoms with Gasteiger partial charge in [0.05, 0.1) is 10.2 Å². The lowest BCUT2D eigenvalue weighted by atomic mass is 10.3. The summed E-state index contributed by atoms with van der Waals surface area (Å²) in [5, 5.41) is 4.18. The minimum absolute atomic E-state index is 0.562. The fraction of sp³-hybridized carbons (Fsp3) is 0. The molecule has 0 aromatic carbocycles. The van der Waals surface area contributed by atoms with Gasteiger partial charge in [-0.05, 0) is 22.9 Å². The standard InChI is InChI=1S/C10H7N3S2/c11-10-9-7(12-5-13-10)3-8(15-9)6-1-2-14-4-6/h1-5H,(H2,11,12,13). The number of aromatic nitrogens is 2. The summed E-state index contributed by atoms with van der Waals surface area (Å²) in [4.78, 5) is 9.37. The lowest BCUT2D eigenvalue weighted by molar-refractivity contribution is 1.24. The van der Waals surface area contributed by atoms with Crippen LogP contribution in [0.3, 0.4) is 0 Å². The maximum absolute atomic E-state index is 5.78. The van der Waals surface area contributed by atoms with Crippen LogP contribution < -0.4 is 5.73 Å². The monoisotopic (exact) mass is 233 g/mol. The van der Waals surface area contributed by atoms with Crippen molar-refractivity contribution in [1.82, 2.24) is 9.97 Å². The summed E-state index contributed by atoms with van der Waals surface area (Å²) in [5.41, 5.74) is 7.93. The summed E-state index contributed by atoms with van der Waals surface area (Å²) in [6.07, 6.45) is 1.50. The Morgan fingerprint density at radius 1 is 1.27 bits per heavy atom. The summed E-state index contributed by atoms with van der Waals surface area (Å²) in [7, 11) is 0. The zero-order valence-corrected chi connectivity index (χ0v) is 9.31. The molecule has 3 aromatic rings. The van der Waals surface area contributed by atoms with Crippen molar-refractivity contribution in [3.63, 3.8) is 0 Å². The van der Waals surface area contributed by atoms with Gasteiger partial charge in [-0.2, -0.15) is 11.3 Å². The molecule has 2 N–H and O–H groups in total. The van der Waals surface area contributed by atoms with Crippen LogP contribution >= 0.6 is 22.7 Å². The molecule has 3 nitrogen and oxygen atoms in total. The average Bonchev–Trinajstić information content (AvgIpc) is 2.86. The van der Waals surface area contributed by atoms with E-state index < -0.39 is 0 Å². The van der Waals surface area contributed by atoms with Gasteiger partial charge in [0.15, 0.2) is 0 Å². The molecule has 74 valence electrons. The number of anilines is 1. The molecule has 3 aromatic heterocycles. The van der Waals surface area contributed by atoms with Gasteiger partial charge in [0, 0.05) is 10.4 Å². The Hall–Kier alpha value is -1.46. The van der Waals surface area contributed by atoms with Gasteiger partial charge in [0.1, 0.15) is 12.1 Å². The van der Waals surface area contributed by atoms with Crippen LogP contribution in [0.25, 0.3) is 20.7 Å². The van der Waals surface area contributed by atoms with Gasteiger partial charge in [-0.1, -0.05) is 0 Å². The van der Waals surface area contributed by atoms with Crippen molar-refractivity contribution in [2.45, 2.75) is 0 Å². The molecule has 0 unspecified atom stereocenters. The topological polar surface area (TPSA) is 51.8 Å². The van der Waals surface area contributed by atoms with Crippen LogP contribution in [0.2, 0.25) is 0 Å². The Kier molecular flexibility index (Phi) is 1.93. The van der Waals surface area contributed by atoms with Gasteiger partial charge < -0.3 is 5.73 Å². The second kappa shape index (κ2) is 3.29. The van der Waals surface area contributed by atoms with Crippen LogP contribution in [-0.2, 0) is 0 Å². The number of nitrogens with zero attached hydrogens (tertiary/aromatic N) is 2. The van der Waals surface area contributed by atoms with E-state index in [9.17, 15) is 0 Å². The molecule has 0 fully saturated rings. The highest BCUT2D eigenvalue weighted by atomic mass is 32.1. The van der Waals surface area contributed by atoms with E-state index >= 15 is 0 Å². The maximum Gasteiger partial charge on any atom is 0.144 e. The zero-order valence-electron chi connectivity index (χ0n) is 7.68. The molecule has 0 aliphatic rings. The molecule has 3 heterocycles. The second-order valence-corrected chi connectivity index (χ2v) is 4.93. The SMILES string of the molecule is Nc1ncnc2cc(-c3ccsc3)sc12. The van der Waals surface area contributed by atoms with Gasteiger partial charge >= 0.3 is 0 Å². The first-order valence-electron chi connectivity index (χ1n) is 4.37. The normalized spacial score (nSPS) is 10.9. The second-order valence-electron chi connectivity index (χ2n) is 3.10. The quantitative estimate of drug-likeness (QED) is 0.703. The van der Waals surface area contributed by atoms with Gasteiger partial charge in [0.25, 0.3) is 0 Å². The molecule has 5 heteroatoms. The molecule has 0 aliphatic heterocycles. The molecule has 0 spiro atoms. The van der Waals surface area contributed by atoms with Gasteiger partial charge in [-0.25, -0.2) is 9.97 Å². The van der Waals surface area contributed by atoms with Crippen molar-refractivity contribution in [2.24, 2.45) is 0 Å². The van der Waals surface area contributed by atoms with Crippen molar-refractivity contribution in [2.75, 3.05) is 5.73 Å². The lowest BCUT2D eigenvalue weighted by Crippen LogP contribution is -1.89. The fourth-order valence-corrected chi connectivity index (χ4v) is 3.16. The number of nitrogens with two attached hydrogens (primary N) is 1. The number of nitrogen functional groups attached to an aromatic ring is 1. The van der Waals surface area contributed by atoms with Crippen LogP contribution in [0.5, 0.6) is 0 Å². The first kappa shape index (κ1) is 8.82. The minimum Gasteiger partial charge on any atom is -0.382 e. The number of hydrogen-bond donors (Lipinski definition) is 1. The Labute approximate surface area is 94.2 Å². The molecule has 3 rings (SSSR count).